The first-order valence-electron chi connectivity index (χ1n) is 9.86. The first-order valence-corrected chi connectivity index (χ1v) is 9.86. The zero-order valence-electron chi connectivity index (χ0n) is 15.5. The second-order valence-electron chi connectivity index (χ2n) is 7.51. The molecule has 1 amide bonds. The monoisotopic (exact) mass is 358 g/mol. The summed E-state index contributed by atoms with van der Waals surface area (Å²) in [6.07, 6.45) is 6.59. The summed E-state index contributed by atoms with van der Waals surface area (Å²) in [5, 5.41) is 3.13. The van der Waals surface area contributed by atoms with Crippen LogP contribution in [0.1, 0.15) is 47.5 Å². The molecular formula is C24H26N2O. The van der Waals surface area contributed by atoms with Gasteiger partial charge in [0.2, 0.25) is 0 Å². The van der Waals surface area contributed by atoms with E-state index in [1.165, 1.54) is 31.2 Å². The molecule has 0 bridgehead atoms. The average Bonchev–Trinajstić information content (AvgIpc) is 3.24. The number of benzene rings is 2. The standard InChI is InChI=1S/C24H26N2O/c27-24(22-15-23(25-17-22)21-9-5-2-6-10-21)26-16-18-11-13-20(14-12-18)19-7-3-1-4-8-19/h1-10,15,17-18,20,25H,11-14,16H2,(H,26,27). The van der Waals surface area contributed by atoms with Gasteiger partial charge >= 0.3 is 0 Å². The summed E-state index contributed by atoms with van der Waals surface area (Å²) in [4.78, 5) is 15.7. The van der Waals surface area contributed by atoms with Crippen LogP contribution < -0.4 is 5.32 Å². The van der Waals surface area contributed by atoms with Crippen molar-refractivity contribution in [1.82, 2.24) is 10.3 Å². The molecule has 0 radical (unpaired) electrons. The van der Waals surface area contributed by atoms with E-state index in [0.717, 1.165) is 17.8 Å². The Morgan fingerprint density at radius 1 is 0.926 bits per heavy atom. The summed E-state index contributed by atoms with van der Waals surface area (Å²) >= 11 is 0. The van der Waals surface area contributed by atoms with E-state index >= 15 is 0 Å². The van der Waals surface area contributed by atoms with Crippen molar-refractivity contribution in [3.8, 4) is 11.3 Å². The van der Waals surface area contributed by atoms with Gasteiger partial charge in [-0.15, -0.1) is 0 Å². The minimum Gasteiger partial charge on any atom is -0.360 e. The number of carbonyl (C=O) groups is 1. The topological polar surface area (TPSA) is 44.9 Å². The van der Waals surface area contributed by atoms with Crippen molar-refractivity contribution >= 4 is 5.91 Å². The largest absolute Gasteiger partial charge is 0.360 e. The lowest BCUT2D eigenvalue weighted by Gasteiger charge is -2.28. The summed E-state index contributed by atoms with van der Waals surface area (Å²) in [5.74, 6) is 1.27. The van der Waals surface area contributed by atoms with Crippen LogP contribution in [0.15, 0.2) is 72.9 Å². The van der Waals surface area contributed by atoms with E-state index in [1.807, 2.05) is 36.4 Å². The predicted molar refractivity (Wildman–Crippen MR) is 110 cm³/mol. The van der Waals surface area contributed by atoms with E-state index in [2.05, 4.69) is 40.6 Å². The van der Waals surface area contributed by atoms with Gasteiger partial charge in [-0.05, 0) is 54.7 Å². The zero-order valence-corrected chi connectivity index (χ0v) is 15.5. The molecular weight excluding hydrogens is 332 g/mol. The molecule has 1 aliphatic carbocycles. The van der Waals surface area contributed by atoms with Gasteiger partial charge in [0.1, 0.15) is 0 Å². The third-order valence-corrected chi connectivity index (χ3v) is 5.70. The van der Waals surface area contributed by atoms with Crippen molar-refractivity contribution in [3.63, 3.8) is 0 Å². The number of hydrogen-bond donors (Lipinski definition) is 2. The van der Waals surface area contributed by atoms with Crippen molar-refractivity contribution in [2.45, 2.75) is 31.6 Å². The molecule has 0 atom stereocenters. The molecule has 1 heterocycles. The van der Waals surface area contributed by atoms with Crippen molar-refractivity contribution in [2.24, 2.45) is 5.92 Å². The second-order valence-corrected chi connectivity index (χ2v) is 7.51. The Kier molecular flexibility index (Phi) is 5.38. The van der Waals surface area contributed by atoms with Crippen molar-refractivity contribution < 1.29 is 4.79 Å². The lowest BCUT2D eigenvalue weighted by molar-refractivity contribution is 0.0943. The Labute approximate surface area is 160 Å². The highest BCUT2D eigenvalue weighted by Crippen LogP contribution is 2.35. The Morgan fingerprint density at radius 2 is 1.59 bits per heavy atom. The number of nitrogens with one attached hydrogen (secondary N) is 2. The third kappa shape index (κ3) is 4.30. The van der Waals surface area contributed by atoms with E-state index in [-0.39, 0.29) is 5.91 Å². The molecule has 0 aliphatic heterocycles. The maximum atomic E-state index is 12.5. The Hall–Kier alpha value is -2.81. The van der Waals surface area contributed by atoms with E-state index < -0.39 is 0 Å². The van der Waals surface area contributed by atoms with Gasteiger partial charge in [0.05, 0.1) is 5.56 Å². The van der Waals surface area contributed by atoms with Crippen LogP contribution in [0.25, 0.3) is 11.3 Å². The molecule has 3 nitrogen and oxygen atoms in total. The number of aromatic nitrogens is 1. The van der Waals surface area contributed by atoms with Crippen LogP contribution in [0, 0.1) is 5.92 Å². The van der Waals surface area contributed by atoms with Crippen LogP contribution in [0.5, 0.6) is 0 Å². The smallest absolute Gasteiger partial charge is 0.252 e. The van der Waals surface area contributed by atoms with E-state index in [4.69, 9.17) is 0 Å². The molecule has 27 heavy (non-hydrogen) atoms. The van der Waals surface area contributed by atoms with Crippen LogP contribution in [-0.4, -0.2) is 17.4 Å². The van der Waals surface area contributed by atoms with Crippen molar-refractivity contribution in [2.75, 3.05) is 6.54 Å². The molecule has 1 aromatic heterocycles. The highest BCUT2D eigenvalue weighted by molar-refractivity contribution is 5.95. The van der Waals surface area contributed by atoms with E-state index in [1.54, 1.807) is 6.20 Å². The average molecular weight is 358 g/mol. The first-order chi connectivity index (χ1) is 13.3. The highest BCUT2D eigenvalue weighted by atomic mass is 16.1. The lowest BCUT2D eigenvalue weighted by atomic mass is 9.79. The summed E-state index contributed by atoms with van der Waals surface area (Å²) in [7, 11) is 0. The van der Waals surface area contributed by atoms with Gasteiger partial charge in [0.25, 0.3) is 5.91 Å². The predicted octanol–water partition coefficient (Wildman–Crippen LogP) is 5.39. The Morgan fingerprint density at radius 3 is 2.30 bits per heavy atom. The van der Waals surface area contributed by atoms with Crippen molar-refractivity contribution in [3.05, 3.63) is 84.1 Å². The first kappa shape index (κ1) is 17.6. The summed E-state index contributed by atoms with van der Waals surface area (Å²) < 4.78 is 0. The van der Waals surface area contributed by atoms with Crippen LogP contribution in [0.2, 0.25) is 0 Å². The Balaban J connectivity index is 1.27. The molecule has 1 saturated carbocycles. The minimum absolute atomic E-state index is 0.0126. The third-order valence-electron chi connectivity index (χ3n) is 5.70. The fourth-order valence-corrected chi connectivity index (χ4v) is 4.07. The maximum absolute atomic E-state index is 12.5. The van der Waals surface area contributed by atoms with E-state index in [0.29, 0.717) is 17.4 Å². The molecule has 2 aromatic carbocycles. The number of amides is 1. The molecule has 3 aromatic rings. The van der Waals surface area contributed by atoms with Gasteiger partial charge in [0.15, 0.2) is 0 Å². The summed E-state index contributed by atoms with van der Waals surface area (Å²) in [5.41, 5.74) is 4.23. The maximum Gasteiger partial charge on any atom is 0.252 e. The van der Waals surface area contributed by atoms with Gasteiger partial charge < -0.3 is 10.3 Å². The molecule has 4 rings (SSSR count). The molecule has 1 fully saturated rings. The van der Waals surface area contributed by atoms with Gasteiger partial charge in [0, 0.05) is 18.4 Å². The summed E-state index contributed by atoms with van der Waals surface area (Å²) in [6, 6.07) is 22.8. The number of carbonyl (C=O) groups excluding carboxylic acids is 1. The van der Waals surface area contributed by atoms with Crippen LogP contribution in [0.4, 0.5) is 0 Å². The quantitative estimate of drug-likeness (QED) is 0.631. The number of hydrogen-bond acceptors (Lipinski definition) is 1. The van der Waals surface area contributed by atoms with Crippen molar-refractivity contribution in [1.29, 1.82) is 0 Å². The lowest BCUT2D eigenvalue weighted by Crippen LogP contribution is -2.30. The fourth-order valence-electron chi connectivity index (χ4n) is 4.07. The minimum atomic E-state index is 0.0126. The van der Waals surface area contributed by atoms with Crippen LogP contribution >= 0.6 is 0 Å². The van der Waals surface area contributed by atoms with E-state index in [9.17, 15) is 4.79 Å². The Bertz CT molecular complexity index is 862. The van der Waals surface area contributed by atoms with Gasteiger partial charge in [-0.1, -0.05) is 60.7 Å². The highest BCUT2D eigenvalue weighted by Gasteiger charge is 2.22. The second kappa shape index (κ2) is 8.26. The zero-order chi connectivity index (χ0) is 18.5. The van der Waals surface area contributed by atoms with Crippen LogP contribution in [0.3, 0.4) is 0 Å². The molecule has 2 N–H and O–H groups in total. The van der Waals surface area contributed by atoms with Gasteiger partial charge in [-0.25, -0.2) is 0 Å². The van der Waals surface area contributed by atoms with Gasteiger partial charge in [-0.3, -0.25) is 4.79 Å². The SMILES string of the molecule is O=C(NCC1CCC(c2ccccc2)CC1)c1c[nH]c(-c2ccccc2)c1. The fraction of sp³-hybridized carbons (Fsp3) is 0.292. The molecule has 0 saturated heterocycles. The number of H-pyrrole nitrogens is 1. The van der Waals surface area contributed by atoms with Crippen LogP contribution in [-0.2, 0) is 0 Å². The molecule has 0 spiro atoms. The molecule has 138 valence electrons. The number of aromatic amines is 1. The molecule has 3 heteroatoms. The van der Waals surface area contributed by atoms with Gasteiger partial charge in [-0.2, -0.15) is 0 Å². The normalized spacial score (nSPS) is 19.6. The molecule has 1 aliphatic rings. The molecule has 0 unspecified atom stereocenters. The summed E-state index contributed by atoms with van der Waals surface area (Å²) in [6.45, 7) is 0.770. The number of rotatable bonds is 5.